The summed E-state index contributed by atoms with van der Waals surface area (Å²) in [5, 5.41) is 2.72. The summed E-state index contributed by atoms with van der Waals surface area (Å²) in [6.07, 6.45) is 1.00. The first-order chi connectivity index (χ1) is 10.7. The molecular formula is C17H28N2O3S. The Labute approximate surface area is 140 Å². The van der Waals surface area contributed by atoms with Crippen LogP contribution in [0.5, 0.6) is 0 Å². The number of nitrogens with one attached hydrogen (secondary N) is 1. The normalized spacial score (nSPS) is 13.3. The van der Waals surface area contributed by atoms with Crippen molar-refractivity contribution in [2.24, 2.45) is 0 Å². The van der Waals surface area contributed by atoms with Gasteiger partial charge < -0.3 is 5.32 Å². The first-order valence-corrected chi connectivity index (χ1v) is 9.55. The van der Waals surface area contributed by atoms with Crippen LogP contribution < -0.4 is 5.32 Å². The molecule has 130 valence electrons. The Morgan fingerprint density at radius 3 is 2.13 bits per heavy atom. The molecule has 0 aliphatic heterocycles. The number of carbonyl (C=O) groups excluding carboxylic acids is 1. The molecule has 0 heterocycles. The summed E-state index contributed by atoms with van der Waals surface area (Å²) >= 11 is 0. The van der Waals surface area contributed by atoms with Crippen LogP contribution in [0.25, 0.3) is 0 Å². The van der Waals surface area contributed by atoms with Gasteiger partial charge in [-0.05, 0) is 43.9 Å². The van der Waals surface area contributed by atoms with Crippen LogP contribution in [0.2, 0.25) is 0 Å². The minimum atomic E-state index is -3.66. The third-order valence-electron chi connectivity index (χ3n) is 3.82. The summed E-state index contributed by atoms with van der Waals surface area (Å²) in [6.45, 7) is 9.71. The van der Waals surface area contributed by atoms with Crippen LogP contribution in [0.1, 0.15) is 52.5 Å². The van der Waals surface area contributed by atoms with Crippen LogP contribution in [-0.4, -0.2) is 37.8 Å². The maximum Gasteiger partial charge on any atom is 0.243 e. The fraction of sp³-hybridized carbons (Fsp3) is 0.588. The number of amides is 1. The van der Waals surface area contributed by atoms with Gasteiger partial charge in [-0.25, -0.2) is 8.42 Å². The first kappa shape index (κ1) is 19.6. The first-order valence-electron chi connectivity index (χ1n) is 8.11. The summed E-state index contributed by atoms with van der Waals surface area (Å²) in [4.78, 5) is 12.1. The third-order valence-corrected chi connectivity index (χ3v) is 5.76. The standard InChI is InChI=1S/C17H28N2O3S/c1-6-14(5)15-8-10-16(11-9-15)23(21,22)19(7-2)12-17(20)18-13(3)4/h8-11,13-14H,6-7,12H2,1-5H3,(H,18,20)/t14-/m0/s1. The lowest BCUT2D eigenvalue weighted by molar-refractivity contribution is -0.121. The highest BCUT2D eigenvalue weighted by Crippen LogP contribution is 2.22. The average molecular weight is 340 g/mol. The van der Waals surface area contributed by atoms with E-state index in [2.05, 4.69) is 19.2 Å². The summed E-state index contributed by atoms with van der Waals surface area (Å²) in [6, 6.07) is 6.94. The van der Waals surface area contributed by atoms with E-state index in [-0.39, 0.29) is 29.9 Å². The molecule has 0 spiro atoms. The van der Waals surface area contributed by atoms with E-state index < -0.39 is 10.0 Å². The van der Waals surface area contributed by atoms with Gasteiger partial charge in [0.25, 0.3) is 0 Å². The van der Waals surface area contributed by atoms with E-state index in [9.17, 15) is 13.2 Å². The number of hydrogen-bond donors (Lipinski definition) is 1. The molecule has 6 heteroatoms. The Bertz CT molecular complexity index is 609. The Kier molecular flexibility index (Phi) is 7.22. The molecule has 0 fully saturated rings. The number of hydrogen-bond acceptors (Lipinski definition) is 3. The van der Waals surface area contributed by atoms with E-state index >= 15 is 0 Å². The zero-order chi connectivity index (χ0) is 17.6. The Morgan fingerprint density at radius 1 is 1.13 bits per heavy atom. The molecular weight excluding hydrogens is 312 g/mol. The van der Waals surface area contributed by atoms with Gasteiger partial charge in [-0.2, -0.15) is 4.31 Å². The summed E-state index contributed by atoms with van der Waals surface area (Å²) in [5.41, 5.74) is 1.12. The predicted octanol–water partition coefficient (Wildman–Crippen LogP) is 2.74. The molecule has 23 heavy (non-hydrogen) atoms. The van der Waals surface area contributed by atoms with Crippen molar-refractivity contribution in [1.82, 2.24) is 9.62 Å². The fourth-order valence-electron chi connectivity index (χ4n) is 2.25. The lowest BCUT2D eigenvalue weighted by Crippen LogP contribution is -2.42. The summed E-state index contributed by atoms with van der Waals surface area (Å²) < 4.78 is 26.6. The Hall–Kier alpha value is -1.40. The molecule has 0 aliphatic rings. The van der Waals surface area contributed by atoms with Crippen molar-refractivity contribution in [3.8, 4) is 0 Å². The third kappa shape index (κ3) is 5.32. The molecule has 1 aromatic carbocycles. The number of likely N-dealkylation sites (N-methyl/N-ethyl adjacent to an activating group) is 1. The highest BCUT2D eigenvalue weighted by atomic mass is 32.2. The van der Waals surface area contributed by atoms with Crippen molar-refractivity contribution in [3.63, 3.8) is 0 Å². The van der Waals surface area contributed by atoms with Crippen LogP contribution >= 0.6 is 0 Å². The van der Waals surface area contributed by atoms with Crippen LogP contribution in [0.3, 0.4) is 0 Å². The molecule has 0 bridgehead atoms. The monoisotopic (exact) mass is 340 g/mol. The van der Waals surface area contributed by atoms with Crippen molar-refractivity contribution in [1.29, 1.82) is 0 Å². The largest absolute Gasteiger partial charge is 0.353 e. The van der Waals surface area contributed by atoms with E-state index in [1.165, 1.54) is 4.31 Å². The smallest absolute Gasteiger partial charge is 0.243 e. The molecule has 1 atom stereocenters. The minimum Gasteiger partial charge on any atom is -0.353 e. The lowest BCUT2D eigenvalue weighted by Gasteiger charge is -2.21. The van der Waals surface area contributed by atoms with Crippen LogP contribution in [-0.2, 0) is 14.8 Å². The Balaban J connectivity index is 2.96. The SMILES string of the molecule is CC[C@H](C)c1ccc(S(=O)(=O)N(CC)CC(=O)NC(C)C)cc1. The van der Waals surface area contributed by atoms with Crippen LogP contribution in [0, 0.1) is 0 Å². The molecule has 0 radical (unpaired) electrons. The van der Waals surface area contributed by atoms with Gasteiger partial charge in [-0.3, -0.25) is 4.79 Å². The van der Waals surface area contributed by atoms with E-state index in [0.717, 1.165) is 12.0 Å². The van der Waals surface area contributed by atoms with Gasteiger partial charge in [0.15, 0.2) is 0 Å². The van der Waals surface area contributed by atoms with E-state index in [1.807, 2.05) is 26.0 Å². The highest BCUT2D eigenvalue weighted by molar-refractivity contribution is 7.89. The molecule has 1 N–H and O–H groups in total. The highest BCUT2D eigenvalue weighted by Gasteiger charge is 2.25. The number of benzene rings is 1. The zero-order valence-corrected chi connectivity index (χ0v) is 15.5. The van der Waals surface area contributed by atoms with Crippen LogP contribution in [0.4, 0.5) is 0 Å². The Morgan fingerprint density at radius 2 is 1.70 bits per heavy atom. The second-order valence-corrected chi connectivity index (χ2v) is 7.97. The molecule has 1 rings (SSSR count). The zero-order valence-electron chi connectivity index (χ0n) is 14.7. The van der Waals surface area contributed by atoms with Gasteiger partial charge in [-0.1, -0.05) is 32.9 Å². The van der Waals surface area contributed by atoms with Crippen LogP contribution in [0.15, 0.2) is 29.2 Å². The molecule has 0 unspecified atom stereocenters. The molecule has 5 nitrogen and oxygen atoms in total. The predicted molar refractivity (Wildman–Crippen MR) is 92.9 cm³/mol. The lowest BCUT2D eigenvalue weighted by atomic mass is 9.99. The topological polar surface area (TPSA) is 66.5 Å². The van der Waals surface area contributed by atoms with Gasteiger partial charge in [-0.15, -0.1) is 0 Å². The van der Waals surface area contributed by atoms with E-state index in [0.29, 0.717) is 5.92 Å². The van der Waals surface area contributed by atoms with E-state index in [1.54, 1.807) is 19.1 Å². The van der Waals surface area contributed by atoms with Gasteiger partial charge >= 0.3 is 0 Å². The molecule has 0 aromatic heterocycles. The molecule has 1 aromatic rings. The van der Waals surface area contributed by atoms with Crippen molar-refractivity contribution in [2.75, 3.05) is 13.1 Å². The number of rotatable bonds is 8. The van der Waals surface area contributed by atoms with Gasteiger partial charge in [0, 0.05) is 12.6 Å². The average Bonchev–Trinajstić information content (AvgIpc) is 2.51. The number of sulfonamides is 1. The fourth-order valence-corrected chi connectivity index (χ4v) is 3.65. The summed E-state index contributed by atoms with van der Waals surface area (Å²) in [5.74, 6) is 0.104. The van der Waals surface area contributed by atoms with Gasteiger partial charge in [0.1, 0.15) is 0 Å². The van der Waals surface area contributed by atoms with Crippen molar-refractivity contribution >= 4 is 15.9 Å². The maximum absolute atomic E-state index is 12.7. The van der Waals surface area contributed by atoms with Gasteiger partial charge in [0.2, 0.25) is 15.9 Å². The van der Waals surface area contributed by atoms with Gasteiger partial charge in [0.05, 0.1) is 11.4 Å². The molecule has 0 saturated carbocycles. The second-order valence-electron chi connectivity index (χ2n) is 6.03. The number of carbonyl (C=O) groups is 1. The molecule has 1 amide bonds. The molecule has 0 aliphatic carbocycles. The van der Waals surface area contributed by atoms with Crippen molar-refractivity contribution in [3.05, 3.63) is 29.8 Å². The summed E-state index contributed by atoms with van der Waals surface area (Å²) in [7, 11) is -3.66. The number of nitrogens with zero attached hydrogens (tertiary/aromatic N) is 1. The van der Waals surface area contributed by atoms with Crippen molar-refractivity contribution < 1.29 is 13.2 Å². The molecule has 0 saturated heterocycles. The quantitative estimate of drug-likeness (QED) is 0.791. The van der Waals surface area contributed by atoms with E-state index in [4.69, 9.17) is 0 Å². The second kappa shape index (κ2) is 8.45. The maximum atomic E-state index is 12.7. The minimum absolute atomic E-state index is 0.0151. The van der Waals surface area contributed by atoms with Crippen molar-refractivity contribution in [2.45, 2.75) is 57.9 Å².